The Hall–Kier alpha value is -2.28. The molecule has 1 aliphatic rings. The van der Waals surface area contributed by atoms with E-state index < -0.39 is 11.4 Å². The summed E-state index contributed by atoms with van der Waals surface area (Å²) in [5.41, 5.74) is -0.493. The van der Waals surface area contributed by atoms with E-state index in [1.807, 2.05) is 0 Å². The summed E-state index contributed by atoms with van der Waals surface area (Å²) >= 11 is 0. The normalized spacial score (nSPS) is 18.0. The fourth-order valence-corrected chi connectivity index (χ4v) is 2.42. The molecule has 2 aromatic rings. The van der Waals surface area contributed by atoms with E-state index >= 15 is 0 Å². The fourth-order valence-electron chi connectivity index (χ4n) is 2.42. The van der Waals surface area contributed by atoms with Gasteiger partial charge in [0, 0.05) is 13.0 Å². The van der Waals surface area contributed by atoms with Gasteiger partial charge in [0.2, 0.25) is 0 Å². The number of H-pyrrole nitrogens is 2. The summed E-state index contributed by atoms with van der Waals surface area (Å²) in [6.45, 7) is 1.44. The average molecular weight is 291 g/mol. The molecule has 0 radical (unpaired) electrons. The minimum absolute atomic E-state index is 0.307. The quantitative estimate of drug-likeness (QED) is 0.853. The zero-order valence-electron chi connectivity index (χ0n) is 11.5. The Kier molecular flexibility index (Phi) is 3.92. The van der Waals surface area contributed by atoms with Crippen molar-refractivity contribution in [3.63, 3.8) is 0 Å². The minimum Gasteiger partial charge on any atom is -0.493 e. The van der Waals surface area contributed by atoms with Crippen LogP contribution in [0.4, 0.5) is 0 Å². The topological polar surface area (TPSA) is 89.1 Å². The van der Waals surface area contributed by atoms with Crippen LogP contribution in [0.1, 0.15) is 19.3 Å². The molecule has 7 heteroatoms. The highest BCUT2D eigenvalue weighted by molar-refractivity contribution is 5.36. The van der Waals surface area contributed by atoms with Crippen molar-refractivity contribution in [3.8, 4) is 11.4 Å². The van der Waals surface area contributed by atoms with E-state index in [1.54, 1.807) is 24.3 Å². The van der Waals surface area contributed by atoms with Crippen molar-refractivity contribution < 1.29 is 9.47 Å². The van der Waals surface area contributed by atoms with Gasteiger partial charge in [-0.05, 0) is 37.1 Å². The molecule has 1 aromatic heterocycles. The van der Waals surface area contributed by atoms with Gasteiger partial charge in [-0.15, -0.1) is 0 Å². The van der Waals surface area contributed by atoms with Gasteiger partial charge in [0.15, 0.2) is 0 Å². The number of nitrogens with zero attached hydrogens (tertiary/aromatic N) is 1. The first-order valence-electron chi connectivity index (χ1n) is 6.98. The molecular weight excluding hydrogens is 274 g/mol. The molecule has 7 nitrogen and oxygen atoms in total. The van der Waals surface area contributed by atoms with E-state index in [0.717, 1.165) is 30.4 Å². The summed E-state index contributed by atoms with van der Waals surface area (Å²) in [7, 11) is 0. The Bertz CT molecular complexity index is 664. The number of rotatable bonds is 5. The molecule has 0 bridgehead atoms. The zero-order valence-corrected chi connectivity index (χ0v) is 11.5. The average Bonchev–Trinajstić information content (AvgIpc) is 3.11. The van der Waals surface area contributed by atoms with Crippen molar-refractivity contribution in [2.24, 2.45) is 0 Å². The lowest BCUT2D eigenvalue weighted by Gasteiger charge is -2.10. The Morgan fingerprint density at radius 1 is 1.19 bits per heavy atom. The lowest BCUT2D eigenvalue weighted by molar-refractivity contribution is 0.0903. The minimum atomic E-state index is -0.493. The number of nitrogens with one attached hydrogen (secondary N) is 2. The SMILES string of the molecule is O=c1[nH][nH]c(=O)n1-c1ccc(OCC[C@H]2CCCO2)cc1. The lowest BCUT2D eigenvalue weighted by Crippen LogP contribution is -2.24. The van der Waals surface area contributed by atoms with E-state index in [4.69, 9.17) is 9.47 Å². The highest BCUT2D eigenvalue weighted by Crippen LogP contribution is 2.17. The Morgan fingerprint density at radius 3 is 2.52 bits per heavy atom. The van der Waals surface area contributed by atoms with E-state index in [9.17, 15) is 9.59 Å². The molecule has 0 aliphatic carbocycles. The van der Waals surface area contributed by atoms with Gasteiger partial charge < -0.3 is 9.47 Å². The van der Waals surface area contributed by atoms with Crippen LogP contribution in [0.5, 0.6) is 5.75 Å². The summed E-state index contributed by atoms with van der Waals surface area (Å²) in [4.78, 5) is 23.0. The van der Waals surface area contributed by atoms with E-state index in [-0.39, 0.29) is 0 Å². The summed E-state index contributed by atoms with van der Waals surface area (Å²) in [6.07, 6.45) is 3.40. The summed E-state index contributed by atoms with van der Waals surface area (Å²) in [5, 5.41) is 4.48. The molecule has 1 aliphatic heterocycles. The lowest BCUT2D eigenvalue weighted by atomic mass is 10.2. The maximum atomic E-state index is 11.5. The summed E-state index contributed by atoms with van der Waals surface area (Å²) < 4.78 is 12.2. The Morgan fingerprint density at radius 2 is 1.90 bits per heavy atom. The third kappa shape index (κ3) is 3.08. The van der Waals surface area contributed by atoms with Crippen molar-refractivity contribution in [1.29, 1.82) is 0 Å². The van der Waals surface area contributed by atoms with Crippen molar-refractivity contribution in [2.75, 3.05) is 13.2 Å². The molecule has 0 saturated carbocycles. The molecule has 0 amide bonds. The molecule has 0 unspecified atom stereocenters. The first-order valence-corrected chi connectivity index (χ1v) is 6.98. The monoisotopic (exact) mass is 291 g/mol. The van der Waals surface area contributed by atoms with Crippen molar-refractivity contribution >= 4 is 0 Å². The van der Waals surface area contributed by atoms with Crippen LogP contribution in [0.25, 0.3) is 5.69 Å². The molecule has 3 rings (SSSR count). The second-order valence-electron chi connectivity index (χ2n) is 4.96. The van der Waals surface area contributed by atoms with Gasteiger partial charge >= 0.3 is 11.4 Å². The molecule has 0 spiro atoms. The van der Waals surface area contributed by atoms with Crippen LogP contribution in [-0.2, 0) is 4.74 Å². The van der Waals surface area contributed by atoms with Gasteiger partial charge in [-0.25, -0.2) is 24.4 Å². The van der Waals surface area contributed by atoms with Crippen LogP contribution in [0.2, 0.25) is 0 Å². The molecule has 2 heterocycles. The summed E-state index contributed by atoms with van der Waals surface area (Å²) in [5.74, 6) is 0.705. The third-order valence-electron chi connectivity index (χ3n) is 3.51. The van der Waals surface area contributed by atoms with Crippen LogP contribution in [-0.4, -0.2) is 34.1 Å². The van der Waals surface area contributed by atoms with Gasteiger partial charge in [0.05, 0.1) is 18.4 Å². The van der Waals surface area contributed by atoms with Crippen LogP contribution < -0.4 is 16.1 Å². The van der Waals surface area contributed by atoms with Gasteiger partial charge in [-0.3, -0.25) is 0 Å². The second kappa shape index (κ2) is 6.01. The first-order chi connectivity index (χ1) is 10.2. The maximum Gasteiger partial charge on any atom is 0.348 e. The molecule has 1 atom stereocenters. The van der Waals surface area contributed by atoms with Crippen molar-refractivity contribution in [2.45, 2.75) is 25.4 Å². The highest BCUT2D eigenvalue weighted by atomic mass is 16.5. The molecule has 112 valence electrons. The highest BCUT2D eigenvalue weighted by Gasteiger charge is 2.15. The van der Waals surface area contributed by atoms with Crippen LogP contribution >= 0.6 is 0 Å². The predicted octanol–water partition coefficient (Wildman–Crippen LogP) is 0.802. The molecule has 1 fully saturated rings. The van der Waals surface area contributed by atoms with E-state index in [0.29, 0.717) is 24.1 Å². The third-order valence-corrected chi connectivity index (χ3v) is 3.51. The zero-order chi connectivity index (χ0) is 14.7. The van der Waals surface area contributed by atoms with Gasteiger partial charge in [0.25, 0.3) is 0 Å². The molecule has 1 saturated heterocycles. The predicted molar refractivity (Wildman–Crippen MR) is 76.1 cm³/mol. The summed E-state index contributed by atoms with van der Waals surface area (Å²) in [6, 6.07) is 6.82. The number of hydrogen-bond donors (Lipinski definition) is 2. The van der Waals surface area contributed by atoms with Crippen molar-refractivity contribution in [3.05, 3.63) is 45.2 Å². The van der Waals surface area contributed by atoms with Crippen LogP contribution in [0, 0.1) is 0 Å². The van der Waals surface area contributed by atoms with Gasteiger partial charge in [0.1, 0.15) is 5.75 Å². The van der Waals surface area contributed by atoms with Gasteiger partial charge in [-0.2, -0.15) is 0 Å². The fraction of sp³-hybridized carbons (Fsp3) is 0.429. The number of aromatic nitrogens is 3. The van der Waals surface area contributed by atoms with E-state index in [1.165, 1.54) is 0 Å². The number of aromatic amines is 2. The second-order valence-corrected chi connectivity index (χ2v) is 4.96. The van der Waals surface area contributed by atoms with Gasteiger partial charge in [-0.1, -0.05) is 0 Å². The molecule has 21 heavy (non-hydrogen) atoms. The first kappa shape index (κ1) is 13.7. The smallest absolute Gasteiger partial charge is 0.348 e. The number of hydrogen-bond acceptors (Lipinski definition) is 4. The molecule has 1 aromatic carbocycles. The molecule has 2 N–H and O–H groups in total. The number of ether oxygens (including phenoxy) is 2. The van der Waals surface area contributed by atoms with Crippen LogP contribution in [0.15, 0.2) is 33.9 Å². The van der Waals surface area contributed by atoms with Crippen LogP contribution in [0.3, 0.4) is 0 Å². The largest absolute Gasteiger partial charge is 0.493 e. The number of benzene rings is 1. The standard InChI is InChI=1S/C14H17N3O4/c18-13-15-16-14(19)17(13)10-3-5-12(6-4-10)21-9-7-11-2-1-8-20-11/h3-6,11H,1-2,7-9H2,(H,15,18)(H,16,19)/t11-/m1/s1. The van der Waals surface area contributed by atoms with E-state index in [2.05, 4.69) is 10.2 Å². The van der Waals surface area contributed by atoms with Crippen molar-refractivity contribution in [1.82, 2.24) is 14.8 Å². The Labute approximate surface area is 120 Å². The Balaban J connectivity index is 1.61. The molecular formula is C14H17N3O4. The maximum absolute atomic E-state index is 11.5.